The van der Waals surface area contributed by atoms with Crippen LogP contribution in [0.1, 0.15) is 37.9 Å². The Balaban J connectivity index is 1.72. The number of carbonyl (C=O) groups excluding carboxylic acids is 2. The first-order valence-electron chi connectivity index (χ1n) is 11.8. The largest absolute Gasteiger partial charge is 0.349 e. The molecule has 0 aliphatic heterocycles. The molecule has 2 amide bonds. The van der Waals surface area contributed by atoms with Crippen molar-refractivity contribution in [3.8, 4) is 11.4 Å². The average Bonchev–Trinajstić information content (AvgIpc) is 3.31. The molecule has 0 saturated heterocycles. The molecule has 1 atom stereocenters. The number of hydrogen-bond donors (Lipinski definition) is 1. The summed E-state index contributed by atoms with van der Waals surface area (Å²) in [5.74, 6) is -0.970. The normalized spacial score (nSPS) is 12.1. The van der Waals surface area contributed by atoms with Gasteiger partial charge in [-0.2, -0.15) is 4.80 Å². The van der Waals surface area contributed by atoms with Gasteiger partial charge in [0.2, 0.25) is 11.7 Å². The number of anilines is 1. The number of aromatic nitrogens is 5. The number of carbonyl (C=O) groups is 2. The van der Waals surface area contributed by atoms with Crippen molar-refractivity contribution in [1.29, 1.82) is 0 Å². The van der Waals surface area contributed by atoms with Crippen molar-refractivity contribution in [3.63, 3.8) is 0 Å². The molecule has 0 unspecified atom stereocenters. The van der Waals surface area contributed by atoms with Crippen molar-refractivity contribution < 1.29 is 14.0 Å². The van der Waals surface area contributed by atoms with Crippen molar-refractivity contribution in [2.75, 3.05) is 4.90 Å². The Morgan fingerprint density at radius 1 is 1.00 bits per heavy atom. The summed E-state index contributed by atoms with van der Waals surface area (Å²) in [5, 5.41) is 15.4. The van der Waals surface area contributed by atoms with Gasteiger partial charge in [-0.05, 0) is 74.9 Å². The predicted molar refractivity (Wildman–Crippen MR) is 137 cm³/mol. The highest BCUT2D eigenvalue weighted by atomic mass is 19.1. The number of rotatable bonds is 7. The molecule has 4 rings (SSSR count). The molecule has 1 N–H and O–H groups in total. The number of nitrogens with zero attached hydrogens (tertiary/aromatic N) is 6. The van der Waals surface area contributed by atoms with E-state index in [1.165, 1.54) is 34.0 Å². The lowest BCUT2D eigenvalue weighted by atomic mass is 10.0. The minimum atomic E-state index is -1.06. The highest BCUT2D eigenvalue weighted by molar-refractivity contribution is 6.01. The predicted octanol–water partition coefficient (Wildman–Crippen LogP) is 3.87. The monoisotopic (exact) mass is 501 g/mol. The third-order valence-electron chi connectivity index (χ3n) is 5.44. The fraction of sp³-hybridized carbons (Fsp3) is 0.259. The van der Waals surface area contributed by atoms with E-state index in [1.54, 1.807) is 24.5 Å². The summed E-state index contributed by atoms with van der Waals surface area (Å²) in [6, 6.07) is 15.3. The summed E-state index contributed by atoms with van der Waals surface area (Å²) < 4.78 is 13.8. The second kappa shape index (κ2) is 10.7. The van der Waals surface area contributed by atoms with Crippen LogP contribution in [0.25, 0.3) is 11.4 Å². The van der Waals surface area contributed by atoms with Gasteiger partial charge in [0.25, 0.3) is 5.91 Å². The van der Waals surface area contributed by atoms with Crippen LogP contribution in [0.4, 0.5) is 10.1 Å². The van der Waals surface area contributed by atoms with Crippen LogP contribution in [0.5, 0.6) is 0 Å². The number of aryl methyl sites for hydroxylation is 1. The van der Waals surface area contributed by atoms with Crippen LogP contribution in [0.2, 0.25) is 0 Å². The second-order valence-corrected chi connectivity index (χ2v) is 9.67. The van der Waals surface area contributed by atoms with Gasteiger partial charge in [0.1, 0.15) is 18.4 Å². The zero-order chi connectivity index (χ0) is 26.6. The Labute approximate surface area is 214 Å². The molecule has 10 heteroatoms. The minimum Gasteiger partial charge on any atom is -0.349 e. The van der Waals surface area contributed by atoms with Gasteiger partial charge in [-0.25, -0.2) is 4.39 Å². The third-order valence-corrected chi connectivity index (χ3v) is 5.44. The van der Waals surface area contributed by atoms with E-state index in [0.717, 1.165) is 11.1 Å². The van der Waals surface area contributed by atoms with Crippen molar-refractivity contribution in [2.24, 2.45) is 0 Å². The smallest absolute Gasteiger partial charge is 0.251 e. The standard InChI is InChI=1S/C27H28FN7O2/c1-18-5-7-20(8-6-18)25-31-33-34(32-25)17-23(36)35(22-11-9-21(28)10-12-22)24(19-13-15-29-16-14-19)26(37)30-27(2,3)4/h5-16,24H,17H2,1-4H3,(H,30,37)/t24-/m0/s1. The van der Waals surface area contributed by atoms with Crippen LogP contribution in [-0.2, 0) is 16.1 Å². The molecule has 0 saturated carbocycles. The summed E-state index contributed by atoms with van der Waals surface area (Å²) in [6.45, 7) is 7.24. The van der Waals surface area contributed by atoms with Crippen molar-refractivity contribution >= 4 is 17.5 Å². The van der Waals surface area contributed by atoms with Crippen molar-refractivity contribution in [3.05, 3.63) is 90.0 Å². The fourth-order valence-electron chi connectivity index (χ4n) is 3.77. The van der Waals surface area contributed by atoms with Gasteiger partial charge in [0.15, 0.2) is 0 Å². The summed E-state index contributed by atoms with van der Waals surface area (Å²) in [7, 11) is 0. The highest BCUT2D eigenvalue weighted by Crippen LogP contribution is 2.29. The number of amides is 2. The van der Waals surface area contributed by atoms with E-state index < -0.39 is 29.2 Å². The molecule has 37 heavy (non-hydrogen) atoms. The maximum atomic E-state index is 13.8. The van der Waals surface area contributed by atoms with E-state index >= 15 is 0 Å². The van der Waals surface area contributed by atoms with Crippen molar-refractivity contribution in [2.45, 2.75) is 45.8 Å². The summed E-state index contributed by atoms with van der Waals surface area (Å²) in [4.78, 5) is 33.9. The van der Waals surface area contributed by atoms with Gasteiger partial charge in [-0.1, -0.05) is 29.8 Å². The van der Waals surface area contributed by atoms with E-state index in [-0.39, 0.29) is 6.54 Å². The topological polar surface area (TPSA) is 106 Å². The first-order chi connectivity index (χ1) is 17.6. The Bertz CT molecular complexity index is 1360. The number of hydrogen-bond acceptors (Lipinski definition) is 6. The van der Waals surface area contributed by atoms with Crippen LogP contribution in [0.15, 0.2) is 73.1 Å². The van der Waals surface area contributed by atoms with Crippen LogP contribution in [0, 0.1) is 12.7 Å². The first kappa shape index (κ1) is 25.6. The summed E-state index contributed by atoms with van der Waals surface area (Å²) in [5.41, 5.74) is 2.18. The zero-order valence-corrected chi connectivity index (χ0v) is 21.1. The number of halogens is 1. The molecule has 9 nitrogen and oxygen atoms in total. The molecule has 0 spiro atoms. The number of tetrazole rings is 1. The Kier molecular flexibility index (Phi) is 7.37. The van der Waals surface area contributed by atoms with E-state index in [2.05, 4.69) is 25.7 Å². The Morgan fingerprint density at radius 2 is 1.65 bits per heavy atom. The molecular formula is C27H28FN7O2. The maximum absolute atomic E-state index is 13.8. The lowest BCUT2D eigenvalue weighted by Gasteiger charge is -2.33. The van der Waals surface area contributed by atoms with Gasteiger partial charge in [-0.3, -0.25) is 19.5 Å². The lowest BCUT2D eigenvalue weighted by Crippen LogP contribution is -2.50. The third kappa shape index (κ3) is 6.40. The quantitative estimate of drug-likeness (QED) is 0.412. The fourth-order valence-corrected chi connectivity index (χ4v) is 3.77. The summed E-state index contributed by atoms with van der Waals surface area (Å²) in [6.07, 6.45) is 3.10. The molecule has 0 fully saturated rings. The van der Waals surface area contributed by atoms with Gasteiger partial charge < -0.3 is 5.32 Å². The van der Waals surface area contributed by atoms with Gasteiger partial charge in [0, 0.05) is 29.2 Å². The molecule has 0 bridgehead atoms. The second-order valence-electron chi connectivity index (χ2n) is 9.67. The molecule has 0 radical (unpaired) electrons. The van der Waals surface area contributed by atoms with E-state index in [1.807, 2.05) is 52.0 Å². The maximum Gasteiger partial charge on any atom is 0.251 e. The van der Waals surface area contributed by atoms with Crippen LogP contribution in [-0.4, -0.2) is 42.5 Å². The lowest BCUT2D eigenvalue weighted by molar-refractivity contribution is -0.128. The average molecular weight is 502 g/mol. The SMILES string of the molecule is Cc1ccc(-c2nnn(CC(=O)N(c3ccc(F)cc3)[C@H](C(=O)NC(C)(C)C)c3ccncc3)n2)cc1. The van der Waals surface area contributed by atoms with Crippen molar-refractivity contribution in [1.82, 2.24) is 30.5 Å². The van der Waals surface area contributed by atoms with Gasteiger partial charge in [0.05, 0.1) is 0 Å². The number of pyridine rings is 1. The molecule has 2 aromatic carbocycles. The Morgan fingerprint density at radius 3 is 2.27 bits per heavy atom. The molecule has 190 valence electrons. The van der Waals surface area contributed by atoms with Crippen LogP contribution < -0.4 is 10.2 Å². The van der Waals surface area contributed by atoms with E-state index in [0.29, 0.717) is 17.1 Å². The van der Waals surface area contributed by atoms with Crippen LogP contribution in [0.3, 0.4) is 0 Å². The first-order valence-corrected chi connectivity index (χ1v) is 11.8. The van der Waals surface area contributed by atoms with E-state index in [4.69, 9.17) is 0 Å². The molecule has 0 aliphatic rings. The Hall–Kier alpha value is -4.47. The number of nitrogens with one attached hydrogen (secondary N) is 1. The molecule has 0 aliphatic carbocycles. The zero-order valence-electron chi connectivity index (χ0n) is 21.1. The van der Waals surface area contributed by atoms with Crippen LogP contribution >= 0.6 is 0 Å². The van der Waals surface area contributed by atoms with Gasteiger partial charge in [-0.15, -0.1) is 10.2 Å². The molecule has 2 aromatic heterocycles. The number of benzene rings is 2. The van der Waals surface area contributed by atoms with Gasteiger partial charge >= 0.3 is 0 Å². The molecule has 2 heterocycles. The summed E-state index contributed by atoms with van der Waals surface area (Å²) >= 11 is 0. The van der Waals surface area contributed by atoms with E-state index in [9.17, 15) is 14.0 Å². The highest BCUT2D eigenvalue weighted by Gasteiger charge is 2.34. The molecular weight excluding hydrogens is 473 g/mol. The minimum absolute atomic E-state index is 0.291. The molecule has 4 aromatic rings.